The molecule has 1 heterocycles. The number of piperazine rings is 1. The Morgan fingerprint density at radius 3 is 2.24 bits per heavy atom. The standard InChI is InChI=1S/C20H29N3O2/c1-15-6-5-7-16(14-15)22-10-12-23(13-11-22)18(25)20(8-9-20)17(24)21-19(2,3)4/h5-7,14H,8-13H2,1-4H3,(H,21,24). The Hall–Kier alpha value is -2.04. The monoisotopic (exact) mass is 343 g/mol. The maximum atomic E-state index is 13.0. The van der Waals surface area contributed by atoms with Crippen LogP contribution in [0.2, 0.25) is 0 Å². The summed E-state index contributed by atoms with van der Waals surface area (Å²) in [6.07, 6.45) is 1.34. The van der Waals surface area contributed by atoms with Gasteiger partial charge < -0.3 is 15.1 Å². The van der Waals surface area contributed by atoms with Gasteiger partial charge in [0.05, 0.1) is 0 Å². The van der Waals surface area contributed by atoms with Crippen LogP contribution in [0.5, 0.6) is 0 Å². The van der Waals surface area contributed by atoms with Gasteiger partial charge in [-0.05, 0) is 58.2 Å². The third-order valence-electron chi connectivity index (χ3n) is 5.02. The molecule has 136 valence electrons. The van der Waals surface area contributed by atoms with Crippen LogP contribution in [0.25, 0.3) is 0 Å². The Morgan fingerprint density at radius 1 is 1.08 bits per heavy atom. The third-order valence-corrected chi connectivity index (χ3v) is 5.02. The SMILES string of the molecule is Cc1cccc(N2CCN(C(=O)C3(C(=O)NC(C)(C)C)CC3)CC2)c1. The fraction of sp³-hybridized carbons (Fsp3) is 0.600. The average molecular weight is 343 g/mol. The van der Waals surface area contributed by atoms with Crippen molar-refractivity contribution in [2.75, 3.05) is 31.1 Å². The van der Waals surface area contributed by atoms with E-state index in [2.05, 4.69) is 41.4 Å². The maximum absolute atomic E-state index is 13.0. The van der Waals surface area contributed by atoms with Crippen molar-refractivity contribution >= 4 is 17.5 Å². The lowest BCUT2D eigenvalue weighted by Gasteiger charge is -2.38. The van der Waals surface area contributed by atoms with Crippen LogP contribution < -0.4 is 10.2 Å². The summed E-state index contributed by atoms with van der Waals surface area (Å²) < 4.78 is 0. The Bertz CT molecular complexity index is 666. The van der Waals surface area contributed by atoms with E-state index in [0.29, 0.717) is 25.9 Å². The quantitative estimate of drug-likeness (QED) is 0.857. The molecule has 1 aliphatic heterocycles. The Morgan fingerprint density at radius 2 is 1.72 bits per heavy atom. The summed E-state index contributed by atoms with van der Waals surface area (Å²) in [5.41, 5.74) is 1.33. The number of nitrogens with zero attached hydrogens (tertiary/aromatic N) is 2. The van der Waals surface area contributed by atoms with Crippen molar-refractivity contribution in [3.8, 4) is 0 Å². The normalized spacial score (nSPS) is 19.5. The summed E-state index contributed by atoms with van der Waals surface area (Å²) >= 11 is 0. The van der Waals surface area contributed by atoms with Crippen LogP contribution in [-0.4, -0.2) is 48.4 Å². The van der Waals surface area contributed by atoms with Gasteiger partial charge in [-0.15, -0.1) is 0 Å². The smallest absolute Gasteiger partial charge is 0.238 e. The minimum atomic E-state index is -0.807. The first-order valence-electron chi connectivity index (χ1n) is 9.15. The Labute approximate surface area is 150 Å². The molecule has 1 saturated carbocycles. The summed E-state index contributed by atoms with van der Waals surface area (Å²) in [7, 11) is 0. The van der Waals surface area contributed by atoms with E-state index in [-0.39, 0.29) is 17.4 Å². The molecule has 0 radical (unpaired) electrons. The van der Waals surface area contributed by atoms with Gasteiger partial charge >= 0.3 is 0 Å². The van der Waals surface area contributed by atoms with Gasteiger partial charge in [-0.1, -0.05) is 12.1 Å². The summed E-state index contributed by atoms with van der Waals surface area (Å²) in [5.74, 6) is -0.0933. The fourth-order valence-corrected chi connectivity index (χ4v) is 3.42. The highest BCUT2D eigenvalue weighted by Crippen LogP contribution is 2.48. The van der Waals surface area contributed by atoms with Gasteiger partial charge in [0.1, 0.15) is 5.41 Å². The molecule has 2 fully saturated rings. The molecule has 25 heavy (non-hydrogen) atoms. The lowest BCUT2D eigenvalue weighted by Crippen LogP contribution is -2.55. The highest BCUT2D eigenvalue weighted by atomic mass is 16.2. The summed E-state index contributed by atoms with van der Waals surface area (Å²) in [6, 6.07) is 8.45. The average Bonchev–Trinajstić information content (AvgIpc) is 3.35. The van der Waals surface area contributed by atoms with Gasteiger partial charge in [0, 0.05) is 37.4 Å². The molecular weight excluding hydrogens is 314 g/mol. The number of hydrogen-bond donors (Lipinski definition) is 1. The highest BCUT2D eigenvalue weighted by molar-refractivity contribution is 6.08. The Balaban J connectivity index is 1.61. The number of aryl methyl sites for hydroxylation is 1. The molecule has 1 aliphatic carbocycles. The van der Waals surface area contributed by atoms with Gasteiger partial charge in [0.25, 0.3) is 0 Å². The van der Waals surface area contributed by atoms with Crippen LogP contribution >= 0.6 is 0 Å². The van der Waals surface area contributed by atoms with Crippen LogP contribution in [0.1, 0.15) is 39.2 Å². The van der Waals surface area contributed by atoms with E-state index < -0.39 is 5.41 Å². The second kappa shape index (κ2) is 6.36. The number of benzene rings is 1. The second-order valence-corrected chi connectivity index (χ2v) is 8.40. The number of anilines is 1. The summed E-state index contributed by atoms with van der Waals surface area (Å²) in [4.78, 5) is 29.7. The molecule has 1 saturated heterocycles. The molecule has 1 aromatic rings. The van der Waals surface area contributed by atoms with E-state index in [1.165, 1.54) is 11.3 Å². The van der Waals surface area contributed by atoms with Gasteiger partial charge in [0.2, 0.25) is 11.8 Å². The first-order valence-corrected chi connectivity index (χ1v) is 9.15. The zero-order valence-electron chi connectivity index (χ0n) is 15.8. The second-order valence-electron chi connectivity index (χ2n) is 8.40. The molecule has 5 heteroatoms. The fourth-order valence-electron chi connectivity index (χ4n) is 3.42. The van der Waals surface area contributed by atoms with Gasteiger partial charge in [-0.3, -0.25) is 9.59 Å². The predicted molar refractivity (Wildman–Crippen MR) is 99.5 cm³/mol. The van der Waals surface area contributed by atoms with Crippen LogP contribution in [0.15, 0.2) is 24.3 Å². The van der Waals surface area contributed by atoms with E-state index >= 15 is 0 Å². The minimum Gasteiger partial charge on any atom is -0.368 e. The zero-order chi connectivity index (χ0) is 18.2. The van der Waals surface area contributed by atoms with E-state index in [4.69, 9.17) is 0 Å². The van der Waals surface area contributed by atoms with Crippen molar-refractivity contribution in [1.82, 2.24) is 10.2 Å². The molecule has 0 atom stereocenters. The third kappa shape index (κ3) is 3.80. The van der Waals surface area contributed by atoms with E-state index in [1.807, 2.05) is 25.7 Å². The van der Waals surface area contributed by atoms with Gasteiger partial charge in [-0.2, -0.15) is 0 Å². The number of hydrogen-bond acceptors (Lipinski definition) is 3. The first kappa shape index (κ1) is 17.8. The zero-order valence-corrected chi connectivity index (χ0v) is 15.8. The molecule has 1 aromatic carbocycles. The number of carbonyl (C=O) groups is 2. The number of rotatable bonds is 3. The lowest BCUT2D eigenvalue weighted by atomic mass is 10.0. The van der Waals surface area contributed by atoms with Crippen molar-refractivity contribution in [1.29, 1.82) is 0 Å². The molecule has 2 amide bonds. The van der Waals surface area contributed by atoms with Crippen molar-refractivity contribution < 1.29 is 9.59 Å². The maximum Gasteiger partial charge on any atom is 0.238 e. The topological polar surface area (TPSA) is 52.7 Å². The molecule has 0 aromatic heterocycles. The van der Waals surface area contributed by atoms with E-state index in [0.717, 1.165) is 13.1 Å². The van der Waals surface area contributed by atoms with Gasteiger partial charge in [-0.25, -0.2) is 0 Å². The number of amides is 2. The minimum absolute atomic E-state index is 0.0122. The molecular formula is C20H29N3O2. The molecule has 0 bridgehead atoms. The molecule has 1 N–H and O–H groups in total. The number of carbonyl (C=O) groups excluding carboxylic acids is 2. The van der Waals surface area contributed by atoms with Crippen LogP contribution in [-0.2, 0) is 9.59 Å². The summed E-state index contributed by atoms with van der Waals surface area (Å²) in [6.45, 7) is 10.9. The van der Waals surface area contributed by atoms with Crippen LogP contribution in [0, 0.1) is 12.3 Å². The van der Waals surface area contributed by atoms with Crippen molar-refractivity contribution in [2.45, 2.75) is 46.1 Å². The first-order chi connectivity index (χ1) is 11.7. The lowest BCUT2D eigenvalue weighted by molar-refractivity contribution is -0.145. The predicted octanol–water partition coefficient (Wildman–Crippen LogP) is 2.34. The molecule has 0 unspecified atom stereocenters. The molecule has 2 aliphatic rings. The largest absolute Gasteiger partial charge is 0.368 e. The van der Waals surface area contributed by atoms with Crippen molar-refractivity contribution in [2.24, 2.45) is 5.41 Å². The highest BCUT2D eigenvalue weighted by Gasteiger charge is 2.58. The van der Waals surface area contributed by atoms with Gasteiger partial charge in [0.15, 0.2) is 0 Å². The summed E-state index contributed by atoms with van der Waals surface area (Å²) in [5, 5.41) is 2.99. The van der Waals surface area contributed by atoms with Crippen molar-refractivity contribution in [3.05, 3.63) is 29.8 Å². The van der Waals surface area contributed by atoms with Crippen molar-refractivity contribution in [3.63, 3.8) is 0 Å². The molecule has 3 rings (SSSR count). The molecule has 5 nitrogen and oxygen atoms in total. The Kier molecular flexibility index (Phi) is 4.52. The van der Waals surface area contributed by atoms with Crippen LogP contribution in [0.3, 0.4) is 0 Å². The van der Waals surface area contributed by atoms with E-state index in [1.54, 1.807) is 0 Å². The van der Waals surface area contributed by atoms with Crippen LogP contribution in [0.4, 0.5) is 5.69 Å². The van der Waals surface area contributed by atoms with E-state index in [9.17, 15) is 9.59 Å². The number of nitrogens with one attached hydrogen (secondary N) is 1. The molecule has 0 spiro atoms.